The van der Waals surface area contributed by atoms with Crippen molar-refractivity contribution in [3.63, 3.8) is 0 Å². The van der Waals surface area contributed by atoms with Crippen molar-refractivity contribution >= 4 is 34.3 Å². The molecule has 0 amide bonds. The molecule has 0 unspecified atom stereocenters. The van der Waals surface area contributed by atoms with Gasteiger partial charge >= 0.3 is 0 Å². The van der Waals surface area contributed by atoms with E-state index in [4.69, 9.17) is 9.47 Å². The highest BCUT2D eigenvalue weighted by Crippen LogP contribution is 2.39. The molecule has 1 aliphatic rings. The fraction of sp³-hybridized carbons (Fsp3) is 0.435. The van der Waals surface area contributed by atoms with Crippen LogP contribution in [-0.4, -0.2) is 24.8 Å². The summed E-state index contributed by atoms with van der Waals surface area (Å²) in [7, 11) is 0. The molecule has 52 heavy (non-hydrogen) atoms. The zero-order chi connectivity index (χ0) is 36.4. The number of ketones is 2. The first kappa shape index (κ1) is 38.6. The summed E-state index contributed by atoms with van der Waals surface area (Å²) in [6, 6.07) is 26.4. The summed E-state index contributed by atoms with van der Waals surface area (Å²) < 4.78 is 12.0. The zero-order valence-electron chi connectivity index (χ0n) is 31.4. The van der Waals surface area contributed by atoms with E-state index in [1.807, 2.05) is 60.7 Å². The Labute approximate surface area is 311 Å². The van der Waals surface area contributed by atoms with E-state index < -0.39 is 0 Å². The van der Waals surface area contributed by atoms with Gasteiger partial charge in [0, 0.05) is 22.5 Å². The lowest BCUT2D eigenvalue weighted by molar-refractivity contribution is 0.0980. The van der Waals surface area contributed by atoms with E-state index in [1.165, 1.54) is 89.9 Å². The van der Waals surface area contributed by atoms with Crippen LogP contribution in [-0.2, 0) is 0 Å². The number of rotatable bonds is 24. The first-order valence-electron chi connectivity index (χ1n) is 19.9. The van der Waals surface area contributed by atoms with E-state index >= 15 is 0 Å². The van der Waals surface area contributed by atoms with Gasteiger partial charge in [0.25, 0.3) is 0 Å². The molecule has 0 spiro atoms. The van der Waals surface area contributed by atoms with Gasteiger partial charge in [-0.2, -0.15) is 0 Å². The maximum Gasteiger partial charge on any atom is 0.196 e. The molecule has 0 atom stereocenters. The molecular formula is C46H58N2O4. The van der Waals surface area contributed by atoms with Crippen LogP contribution in [0.4, 0.5) is 22.7 Å². The largest absolute Gasteiger partial charge is 0.494 e. The smallest absolute Gasteiger partial charge is 0.196 e. The van der Waals surface area contributed by atoms with Gasteiger partial charge in [0.15, 0.2) is 11.6 Å². The highest BCUT2D eigenvalue weighted by atomic mass is 16.5. The Morgan fingerprint density at radius 2 is 0.769 bits per heavy atom. The number of benzene rings is 4. The Morgan fingerprint density at radius 3 is 1.13 bits per heavy atom. The van der Waals surface area contributed by atoms with Crippen LogP contribution in [0.2, 0.25) is 0 Å². The van der Waals surface area contributed by atoms with Gasteiger partial charge in [0.1, 0.15) is 11.5 Å². The van der Waals surface area contributed by atoms with Gasteiger partial charge in [-0.25, -0.2) is 0 Å². The van der Waals surface area contributed by atoms with Crippen molar-refractivity contribution in [3.8, 4) is 11.5 Å². The van der Waals surface area contributed by atoms with Crippen molar-refractivity contribution in [1.82, 2.24) is 0 Å². The fourth-order valence-electron chi connectivity index (χ4n) is 6.86. The number of ether oxygens (including phenoxy) is 2. The Morgan fingerprint density at radius 1 is 0.423 bits per heavy atom. The van der Waals surface area contributed by atoms with E-state index in [0.717, 1.165) is 35.7 Å². The van der Waals surface area contributed by atoms with Crippen LogP contribution in [0.25, 0.3) is 0 Å². The van der Waals surface area contributed by atoms with Crippen molar-refractivity contribution < 1.29 is 19.1 Å². The van der Waals surface area contributed by atoms with Crippen LogP contribution in [0.5, 0.6) is 11.5 Å². The summed E-state index contributed by atoms with van der Waals surface area (Å²) in [4.78, 5) is 28.0. The van der Waals surface area contributed by atoms with Crippen molar-refractivity contribution in [1.29, 1.82) is 0 Å². The molecule has 0 bridgehead atoms. The second-order valence-electron chi connectivity index (χ2n) is 14.1. The number of carbonyl (C=O) groups excluding carboxylic acids is 2. The third kappa shape index (κ3) is 11.2. The van der Waals surface area contributed by atoms with E-state index in [9.17, 15) is 9.59 Å². The van der Waals surface area contributed by atoms with Crippen LogP contribution >= 0.6 is 0 Å². The molecule has 0 saturated carbocycles. The molecular weight excluding hydrogens is 645 g/mol. The lowest BCUT2D eigenvalue weighted by Crippen LogP contribution is -2.23. The van der Waals surface area contributed by atoms with Crippen LogP contribution in [0.15, 0.2) is 84.9 Å². The molecule has 1 aliphatic carbocycles. The summed E-state index contributed by atoms with van der Waals surface area (Å²) in [5.41, 5.74) is 4.37. The van der Waals surface area contributed by atoms with Crippen molar-refractivity contribution in [3.05, 3.63) is 107 Å². The first-order valence-corrected chi connectivity index (χ1v) is 19.9. The molecule has 0 saturated heterocycles. The van der Waals surface area contributed by atoms with E-state index in [-0.39, 0.29) is 11.6 Å². The van der Waals surface area contributed by atoms with Crippen LogP contribution in [0.1, 0.15) is 148 Å². The molecule has 2 N–H and O–H groups in total. The molecule has 0 radical (unpaired) electrons. The normalized spacial score (nSPS) is 12.0. The monoisotopic (exact) mass is 702 g/mol. The van der Waals surface area contributed by atoms with Gasteiger partial charge in [-0.05, 0) is 73.5 Å². The molecule has 6 heteroatoms. The Kier molecular flexibility index (Phi) is 15.7. The quantitative estimate of drug-likeness (QED) is 0.0623. The minimum Gasteiger partial charge on any atom is -0.494 e. The van der Waals surface area contributed by atoms with Crippen LogP contribution in [0, 0.1) is 0 Å². The Hall–Kier alpha value is -4.58. The second-order valence-corrected chi connectivity index (χ2v) is 14.1. The van der Waals surface area contributed by atoms with E-state index in [0.29, 0.717) is 46.8 Å². The summed E-state index contributed by atoms with van der Waals surface area (Å²) in [5, 5.41) is 6.83. The molecule has 0 aromatic heterocycles. The van der Waals surface area contributed by atoms with Gasteiger partial charge in [-0.15, -0.1) is 0 Å². The average molecular weight is 703 g/mol. The van der Waals surface area contributed by atoms with Gasteiger partial charge in [0.2, 0.25) is 0 Å². The average Bonchev–Trinajstić information content (AvgIpc) is 3.17. The fourth-order valence-corrected chi connectivity index (χ4v) is 6.86. The molecule has 0 aliphatic heterocycles. The summed E-state index contributed by atoms with van der Waals surface area (Å²) in [5.74, 6) is 1.29. The Bertz CT molecular complexity index is 1570. The lowest BCUT2D eigenvalue weighted by Gasteiger charge is -2.24. The number of anilines is 4. The van der Waals surface area contributed by atoms with Crippen LogP contribution in [0.3, 0.4) is 0 Å². The maximum atomic E-state index is 14.0. The molecule has 6 nitrogen and oxygen atoms in total. The summed E-state index contributed by atoms with van der Waals surface area (Å²) >= 11 is 0. The molecule has 5 rings (SSSR count). The third-order valence-electron chi connectivity index (χ3n) is 9.88. The summed E-state index contributed by atoms with van der Waals surface area (Å²) in [6.45, 7) is 5.91. The first-order chi connectivity index (χ1) is 25.6. The predicted molar refractivity (Wildman–Crippen MR) is 215 cm³/mol. The van der Waals surface area contributed by atoms with Gasteiger partial charge in [0.05, 0.1) is 35.7 Å². The number of carbonyl (C=O) groups is 2. The van der Waals surface area contributed by atoms with E-state index in [1.54, 1.807) is 24.3 Å². The number of fused-ring (bicyclic) bond motifs is 2. The standard InChI is InChI=1S/C46H58N2O4/c1-3-5-7-9-11-13-15-19-33-51-37-27-23-35(24-28-37)47-41-31-32-42(44-43(41)45(49)39-21-17-18-22-40(39)46(44)50)48-36-25-29-38(30-26-36)52-34-20-16-14-12-10-8-6-4-2/h17-18,21-32,47-48H,3-16,19-20,33-34H2,1-2H3. The summed E-state index contributed by atoms with van der Waals surface area (Å²) in [6.07, 6.45) is 20.2. The lowest BCUT2D eigenvalue weighted by atomic mass is 9.82. The van der Waals surface area contributed by atoms with Crippen molar-refractivity contribution in [2.75, 3.05) is 23.8 Å². The topological polar surface area (TPSA) is 76.7 Å². The van der Waals surface area contributed by atoms with Crippen molar-refractivity contribution in [2.24, 2.45) is 0 Å². The Balaban J connectivity index is 1.20. The predicted octanol–water partition coefficient (Wildman–Crippen LogP) is 13.0. The minimum atomic E-state index is -0.175. The third-order valence-corrected chi connectivity index (χ3v) is 9.88. The number of hydrogen-bond acceptors (Lipinski definition) is 6. The zero-order valence-corrected chi connectivity index (χ0v) is 31.4. The number of hydrogen-bond donors (Lipinski definition) is 2. The molecule has 4 aromatic carbocycles. The van der Waals surface area contributed by atoms with Crippen LogP contribution < -0.4 is 20.1 Å². The highest BCUT2D eigenvalue weighted by Gasteiger charge is 2.34. The second kappa shape index (κ2) is 21.1. The molecule has 0 heterocycles. The van der Waals surface area contributed by atoms with Gasteiger partial charge in [-0.3, -0.25) is 9.59 Å². The van der Waals surface area contributed by atoms with Gasteiger partial charge in [-0.1, -0.05) is 128 Å². The SMILES string of the molecule is CCCCCCCCCCOc1ccc(Nc2ccc(Nc3ccc(OCCCCCCCCCC)cc3)c3c2C(=O)c2ccccc2C3=O)cc1. The molecule has 0 fully saturated rings. The molecule has 276 valence electrons. The van der Waals surface area contributed by atoms with E-state index in [2.05, 4.69) is 24.5 Å². The van der Waals surface area contributed by atoms with Crippen molar-refractivity contribution in [2.45, 2.75) is 117 Å². The number of unbranched alkanes of at least 4 members (excludes halogenated alkanes) is 14. The maximum absolute atomic E-state index is 14.0. The molecule has 4 aromatic rings. The highest BCUT2D eigenvalue weighted by molar-refractivity contribution is 6.32. The minimum absolute atomic E-state index is 0.175. The van der Waals surface area contributed by atoms with Gasteiger partial charge < -0.3 is 20.1 Å². The number of nitrogens with one attached hydrogen (secondary N) is 2.